The topological polar surface area (TPSA) is 67.6 Å². The number of nitrogens with one attached hydrogen (secondary N) is 1. The Morgan fingerprint density at radius 1 is 0.889 bits per heavy atom. The first-order valence-corrected chi connectivity index (χ1v) is 12.5. The molecule has 1 N–H and O–H groups in total. The van der Waals surface area contributed by atoms with E-state index >= 15 is 0 Å². The maximum atomic E-state index is 12.6. The van der Waals surface area contributed by atoms with E-state index in [-0.39, 0.29) is 6.10 Å². The lowest BCUT2D eigenvalue weighted by atomic mass is 10.0. The first-order valence-electron chi connectivity index (χ1n) is 12.5. The maximum absolute atomic E-state index is 12.6. The minimum Gasteiger partial charge on any atom is -0.441 e. The number of rotatable bonds is 6. The van der Waals surface area contributed by atoms with Gasteiger partial charge in [-0.3, -0.25) is 5.32 Å². The molecule has 1 aromatic heterocycles. The Bertz CT molecular complexity index is 1290. The Labute approximate surface area is 211 Å². The summed E-state index contributed by atoms with van der Waals surface area (Å²) >= 11 is 0. The second-order valence-corrected chi connectivity index (χ2v) is 9.23. The predicted molar refractivity (Wildman–Crippen MR) is 143 cm³/mol. The highest BCUT2D eigenvalue weighted by Gasteiger charge is 2.20. The number of benzene rings is 3. The van der Waals surface area contributed by atoms with Crippen LogP contribution < -0.4 is 10.2 Å². The molecule has 0 unspecified atom stereocenters. The number of anilines is 2. The molecule has 0 saturated carbocycles. The van der Waals surface area contributed by atoms with Crippen molar-refractivity contribution in [3.8, 4) is 22.5 Å². The number of aromatic nitrogens is 1. The first-order chi connectivity index (χ1) is 17.6. The molecule has 1 amide bonds. The molecule has 184 valence electrons. The highest BCUT2D eigenvalue weighted by atomic mass is 16.6. The molecule has 2 heterocycles. The predicted octanol–water partition coefficient (Wildman–Crippen LogP) is 7.62. The standard InChI is InChI=1S/C30H31N3O3/c1-21-28(31-30(34)35-22(2)23-9-5-3-6-10-23)29(36-32-21)26-13-11-24(12-14-26)25-15-17-27(18-16-25)33-19-7-4-8-20-33/h3,5-6,9-18,22H,4,7-8,19-20H2,1-2H3,(H,31,34)/t22-/m1/s1. The van der Waals surface area contributed by atoms with E-state index in [1.165, 1.54) is 24.9 Å². The van der Waals surface area contributed by atoms with Crippen molar-refractivity contribution in [2.45, 2.75) is 39.2 Å². The number of piperidine rings is 1. The van der Waals surface area contributed by atoms with Crippen molar-refractivity contribution in [1.82, 2.24) is 5.16 Å². The van der Waals surface area contributed by atoms with Gasteiger partial charge in [-0.25, -0.2) is 4.79 Å². The van der Waals surface area contributed by atoms with Gasteiger partial charge in [-0.05, 0) is 61.9 Å². The average molecular weight is 482 g/mol. The molecule has 0 spiro atoms. The molecular weight excluding hydrogens is 450 g/mol. The van der Waals surface area contributed by atoms with Crippen LogP contribution >= 0.6 is 0 Å². The van der Waals surface area contributed by atoms with Crippen LogP contribution in [0.25, 0.3) is 22.5 Å². The van der Waals surface area contributed by atoms with Crippen LogP contribution in [0.5, 0.6) is 0 Å². The van der Waals surface area contributed by atoms with Gasteiger partial charge in [0.15, 0.2) is 5.76 Å². The van der Waals surface area contributed by atoms with E-state index in [1.807, 2.05) is 49.4 Å². The molecule has 0 aliphatic carbocycles. The average Bonchev–Trinajstić information content (AvgIpc) is 3.29. The van der Waals surface area contributed by atoms with Crippen molar-refractivity contribution >= 4 is 17.5 Å². The van der Waals surface area contributed by atoms with Crippen LogP contribution in [-0.2, 0) is 4.74 Å². The summed E-state index contributed by atoms with van der Waals surface area (Å²) in [6.45, 7) is 5.91. The molecule has 3 aromatic carbocycles. The van der Waals surface area contributed by atoms with Gasteiger partial charge in [0, 0.05) is 24.3 Å². The lowest BCUT2D eigenvalue weighted by Gasteiger charge is -2.28. The largest absolute Gasteiger partial charge is 0.441 e. The molecule has 6 nitrogen and oxygen atoms in total. The van der Waals surface area contributed by atoms with E-state index in [0.717, 1.165) is 35.3 Å². The van der Waals surface area contributed by atoms with Gasteiger partial charge < -0.3 is 14.2 Å². The lowest BCUT2D eigenvalue weighted by Crippen LogP contribution is -2.29. The highest BCUT2D eigenvalue weighted by Crippen LogP contribution is 2.33. The number of aryl methyl sites for hydroxylation is 1. The van der Waals surface area contributed by atoms with Gasteiger partial charge >= 0.3 is 6.09 Å². The summed E-state index contributed by atoms with van der Waals surface area (Å²) in [5.74, 6) is 0.504. The van der Waals surface area contributed by atoms with Crippen LogP contribution in [0.1, 0.15) is 43.5 Å². The van der Waals surface area contributed by atoms with Crippen LogP contribution in [0.4, 0.5) is 16.2 Å². The van der Waals surface area contributed by atoms with E-state index in [2.05, 4.69) is 51.8 Å². The number of nitrogens with zero attached hydrogens (tertiary/aromatic N) is 2. The summed E-state index contributed by atoms with van der Waals surface area (Å²) in [5, 5.41) is 6.89. The monoisotopic (exact) mass is 481 g/mol. The van der Waals surface area contributed by atoms with E-state index in [1.54, 1.807) is 6.92 Å². The Morgan fingerprint density at radius 2 is 1.50 bits per heavy atom. The zero-order valence-corrected chi connectivity index (χ0v) is 20.7. The Morgan fingerprint density at radius 3 is 2.17 bits per heavy atom. The lowest BCUT2D eigenvalue weighted by molar-refractivity contribution is 0.121. The fourth-order valence-corrected chi connectivity index (χ4v) is 4.63. The zero-order chi connectivity index (χ0) is 24.9. The van der Waals surface area contributed by atoms with E-state index in [4.69, 9.17) is 9.26 Å². The summed E-state index contributed by atoms with van der Waals surface area (Å²) in [7, 11) is 0. The van der Waals surface area contributed by atoms with Crippen molar-refractivity contribution in [1.29, 1.82) is 0 Å². The third-order valence-electron chi connectivity index (χ3n) is 6.71. The summed E-state index contributed by atoms with van der Waals surface area (Å²) < 4.78 is 11.1. The second-order valence-electron chi connectivity index (χ2n) is 9.23. The smallest absolute Gasteiger partial charge is 0.412 e. The van der Waals surface area contributed by atoms with Gasteiger partial charge in [-0.15, -0.1) is 0 Å². The van der Waals surface area contributed by atoms with Crippen LogP contribution in [0.3, 0.4) is 0 Å². The number of amides is 1. The number of ether oxygens (including phenoxy) is 1. The Balaban J connectivity index is 1.28. The molecule has 1 fully saturated rings. The van der Waals surface area contributed by atoms with Gasteiger partial charge in [-0.2, -0.15) is 0 Å². The number of carbonyl (C=O) groups is 1. The van der Waals surface area contributed by atoms with Crippen LogP contribution in [0.15, 0.2) is 83.4 Å². The van der Waals surface area contributed by atoms with Crippen molar-refractivity contribution < 1.29 is 14.1 Å². The Hall–Kier alpha value is -4.06. The van der Waals surface area contributed by atoms with Gasteiger partial charge in [-0.1, -0.05) is 71.9 Å². The quantitative estimate of drug-likeness (QED) is 0.307. The van der Waals surface area contributed by atoms with Gasteiger partial charge in [0.25, 0.3) is 0 Å². The highest BCUT2D eigenvalue weighted by molar-refractivity contribution is 5.91. The number of hydrogen-bond donors (Lipinski definition) is 1. The van der Waals surface area contributed by atoms with Crippen molar-refractivity contribution in [3.63, 3.8) is 0 Å². The minimum atomic E-state index is -0.552. The zero-order valence-electron chi connectivity index (χ0n) is 20.7. The van der Waals surface area contributed by atoms with E-state index < -0.39 is 6.09 Å². The second kappa shape index (κ2) is 10.7. The summed E-state index contributed by atoms with van der Waals surface area (Å²) in [6.07, 6.45) is 2.94. The molecule has 0 bridgehead atoms. The third-order valence-corrected chi connectivity index (χ3v) is 6.71. The van der Waals surface area contributed by atoms with E-state index in [0.29, 0.717) is 17.1 Å². The summed E-state index contributed by atoms with van der Waals surface area (Å²) in [5.41, 5.74) is 6.42. The molecule has 1 aliphatic rings. The molecule has 1 aliphatic heterocycles. The first kappa shape index (κ1) is 23.7. The fourth-order valence-electron chi connectivity index (χ4n) is 4.63. The normalized spacial score (nSPS) is 14.3. The summed E-state index contributed by atoms with van der Waals surface area (Å²) in [4.78, 5) is 15.1. The third kappa shape index (κ3) is 5.28. The SMILES string of the molecule is Cc1noc(-c2ccc(-c3ccc(N4CCCCC4)cc3)cc2)c1NC(=O)O[C@H](C)c1ccccc1. The Kier molecular flexibility index (Phi) is 7.03. The van der Waals surface area contributed by atoms with Crippen LogP contribution in [-0.4, -0.2) is 24.3 Å². The molecule has 6 heteroatoms. The minimum absolute atomic E-state index is 0.379. The van der Waals surface area contributed by atoms with Crippen LogP contribution in [0, 0.1) is 6.92 Å². The molecular formula is C30H31N3O3. The number of hydrogen-bond acceptors (Lipinski definition) is 5. The molecule has 0 radical (unpaired) electrons. The molecule has 1 saturated heterocycles. The molecule has 36 heavy (non-hydrogen) atoms. The van der Waals surface area contributed by atoms with E-state index in [9.17, 15) is 4.79 Å². The maximum Gasteiger partial charge on any atom is 0.412 e. The number of carbonyl (C=O) groups excluding carboxylic acids is 1. The van der Waals surface area contributed by atoms with Crippen molar-refractivity contribution in [2.75, 3.05) is 23.3 Å². The van der Waals surface area contributed by atoms with Gasteiger partial charge in [0.05, 0.1) is 0 Å². The molecule has 4 aromatic rings. The fraction of sp³-hybridized carbons (Fsp3) is 0.267. The van der Waals surface area contributed by atoms with Crippen molar-refractivity contribution in [2.24, 2.45) is 0 Å². The van der Waals surface area contributed by atoms with Gasteiger partial charge in [0.2, 0.25) is 0 Å². The van der Waals surface area contributed by atoms with Gasteiger partial charge in [0.1, 0.15) is 17.5 Å². The molecule has 5 rings (SSSR count). The van der Waals surface area contributed by atoms with Crippen molar-refractivity contribution in [3.05, 3.63) is 90.1 Å². The summed E-state index contributed by atoms with van der Waals surface area (Å²) in [6, 6.07) is 26.5. The molecule has 1 atom stereocenters. The van der Waals surface area contributed by atoms with Crippen LogP contribution in [0.2, 0.25) is 0 Å².